The molecule has 0 atom stereocenters. The van der Waals surface area contributed by atoms with E-state index in [0.29, 0.717) is 46.7 Å². The molecule has 2 saturated heterocycles. The maximum Gasteiger partial charge on any atom is 0.260 e. The fourth-order valence-corrected chi connectivity index (χ4v) is 5.08. The minimum Gasteiger partial charge on any atom is -0.394 e. The number of aliphatic hydroxyl groups excluding tert-OH is 1. The van der Waals surface area contributed by atoms with Crippen LogP contribution in [0.1, 0.15) is 49.9 Å². The molecule has 2 aliphatic heterocycles. The summed E-state index contributed by atoms with van der Waals surface area (Å²) in [6.07, 6.45) is 4.85. The van der Waals surface area contributed by atoms with E-state index in [2.05, 4.69) is 25.4 Å². The predicted molar refractivity (Wildman–Crippen MR) is 142 cm³/mol. The molecule has 3 aliphatic rings. The first-order valence-corrected chi connectivity index (χ1v) is 13.1. The molecule has 36 heavy (non-hydrogen) atoms. The third-order valence-corrected chi connectivity index (χ3v) is 7.63. The average Bonchev–Trinajstić information content (AvgIpc) is 3.63. The van der Waals surface area contributed by atoms with Gasteiger partial charge in [0.2, 0.25) is 0 Å². The lowest BCUT2D eigenvalue weighted by Crippen LogP contribution is -2.38. The Hall–Kier alpha value is -2.62. The van der Waals surface area contributed by atoms with Crippen molar-refractivity contribution in [2.24, 2.45) is 5.41 Å². The molecule has 0 unspecified atom stereocenters. The number of aromatic nitrogens is 2. The monoisotopic (exact) mass is 514 g/mol. The molecule has 194 valence electrons. The molecule has 0 bridgehead atoms. The summed E-state index contributed by atoms with van der Waals surface area (Å²) in [4.78, 5) is 27.3. The number of anilines is 4. The second-order valence-electron chi connectivity index (χ2n) is 10.8. The van der Waals surface area contributed by atoms with Gasteiger partial charge in [-0.05, 0) is 69.2 Å². The van der Waals surface area contributed by atoms with E-state index in [1.165, 1.54) is 12.8 Å². The van der Waals surface area contributed by atoms with Crippen molar-refractivity contribution in [3.05, 3.63) is 34.9 Å². The summed E-state index contributed by atoms with van der Waals surface area (Å²) in [6, 6.07) is 7.05. The Kier molecular flexibility index (Phi) is 6.98. The number of pyridine rings is 2. The van der Waals surface area contributed by atoms with Crippen LogP contribution >= 0.6 is 11.6 Å². The van der Waals surface area contributed by atoms with E-state index in [4.69, 9.17) is 21.3 Å². The molecule has 9 nitrogen and oxygen atoms in total. The van der Waals surface area contributed by atoms with Gasteiger partial charge in [-0.1, -0.05) is 11.6 Å². The highest BCUT2D eigenvalue weighted by Gasteiger charge is 2.45. The Bertz CT molecular complexity index is 1110. The lowest BCUT2D eigenvalue weighted by atomic mass is 9.93. The fourth-order valence-electron chi connectivity index (χ4n) is 4.88. The van der Waals surface area contributed by atoms with E-state index < -0.39 is 5.54 Å². The Morgan fingerprint density at radius 3 is 2.44 bits per heavy atom. The van der Waals surface area contributed by atoms with Gasteiger partial charge in [0.25, 0.3) is 5.91 Å². The van der Waals surface area contributed by atoms with Crippen LogP contribution in [0.2, 0.25) is 5.02 Å². The number of halogens is 1. The number of nitrogens with one attached hydrogen (secondary N) is 2. The molecule has 2 aromatic heterocycles. The number of ether oxygens (including phenoxy) is 1. The van der Waals surface area contributed by atoms with Gasteiger partial charge in [-0.3, -0.25) is 4.79 Å². The van der Waals surface area contributed by atoms with Crippen LogP contribution in [0.5, 0.6) is 0 Å². The maximum absolute atomic E-state index is 13.5. The summed E-state index contributed by atoms with van der Waals surface area (Å²) >= 11 is 6.38. The summed E-state index contributed by atoms with van der Waals surface area (Å²) in [5.41, 5.74) is 0.465. The molecule has 1 spiro atoms. The van der Waals surface area contributed by atoms with Crippen molar-refractivity contribution in [2.75, 3.05) is 66.4 Å². The number of piperidine rings is 1. The molecule has 0 radical (unpaired) electrons. The van der Waals surface area contributed by atoms with E-state index >= 15 is 0 Å². The SMILES string of the molecule is CC(C)(CO)Nc1ccc(C(=O)Nc2cc(Cl)cc(N3CCOCC3)n2)c(N2CCC3(CC2)CC3)n1. The highest BCUT2D eigenvalue weighted by molar-refractivity contribution is 6.31. The fraction of sp³-hybridized carbons (Fsp3) is 0.577. The molecule has 2 aromatic rings. The van der Waals surface area contributed by atoms with Gasteiger partial charge < -0.3 is 30.3 Å². The second kappa shape index (κ2) is 10.0. The van der Waals surface area contributed by atoms with E-state index in [1.807, 2.05) is 13.8 Å². The van der Waals surface area contributed by atoms with Crippen molar-refractivity contribution in [1.29, 1.82) is 0 Å². The number of nitrogens with zero attached hydrogens (tertiary/aromatic N) is 4. The lowest BCUT2D eigenvalue weighted by molar-refractivity contribution is 0.102. The maximum atomic E-state index is 13.5. The van der Waals surface area contributed by atoms with E-state index in [-0.39, 0.29) is 12.5 Å². The molecule has 10 heteroatoms. The van der Waals surface area contributed by atoms with Crippen LogP contribution in [-0.4, -0.2) is 72.5 Å². The summed E-state index contributed by atoms with van der Waals surface area (Å²) in [5, 5.41) is 16.4. The molecule has 4 heterocycles. The zero-order chi connectivity index (χ0) is 25.3. The van der Waals surface area contributed by atoms with Gasteiger partial charge in [-0.15, -0.1) is 0 Å². The number of rotatable bonds is 7. The van der Waals surface area contributed by atoms with Crippen molar-refractivity contribution in [1.82, 2.24) is 9.97 Å². The molecular weight excluding hydrogens is 480 g/mol. The van der Waals surface area contributed by atoms with Crippen LogP contribution in [0.25, 0.3) is 0 Å². The Labute approximate surface area is 217 Å². The lowest BCUT2D eigenvalue weighted by Gasteiger charge is -2.34. The third-order valence-electron chi connectivity index (χ3n) is 7.42. The van der Waals surface area contributed by atoms with Gasteiger partial charge in [0.15, 0.2) is 0 Å². The predicted octanol–water partition coefficient (Wildman–Crippen LogP) is 3.78. The highest BCUT2D eigenvalue weighted by atomic mass is 35.5. The first-order valence-electron chi connectivity index (χ1n) is 12.7. The van der Waals surface area contributed by atoms with E-state index in [0.717, 1.165) is 44.8 Å². The molecule has 1 saturated carbocycles. The summed E-state index contributed by atoms with van der Waals surface area (Å²) in [6.45, 7) is 8.24. The Morgan fingerprint density at radius 1 is 1.06 bits per heavy atom. The van der Waals surface area contributed by atoms with Crippen LogP contribution in [0.15, 0.2) is 24.3 Å². The van der Waals surface area contributed by atoms with Crippen molar-refractivity contribution in [3.8, 4) is 0 Å². The van der Waals surface area contributed by atoms with Crippen LogP contribution in [0.4, 0.5) is 23.3 Å². The number of hydrogen-bond donors (Lipinski definition) is 3. The zero-order valence-corrected chi connectivity index (χ0v) is 21.8. The number of carbonyl (C=O) groups excluding carboxylic acids is 1. The summed E-state index contributed by atoms with van der Waals surface area (Å²) in [5.74, 6) is 2.12. The number of carbonyl (C=O) groups is 1. The van der Waals surface area contributed by atoms with Gasteiger partial charge in [-0.25, -0.2) is 9.97 Å². The summed E-state index contributed by atoms with van der Waals surface area (Å²) in [7, 11) is 0. The first kappa shape index (κ1) is 25.0. The van der Waals surface area contributed by atoms with Gasteiger partial charge in [0, 0.05) is 31.2 Å². The second-order valence-corrected chi connectivity index (χ2v) is 11.2. The van der Waals surface area contributed by atoms with Crippen LogP contribution < -0.4 is 20.4 Å². The first-order chi connectivity index (χ1) is 17.3. The van der Waals surface area contributed by atoms with E-state index in [1.54, 1.807) is 24.3 Å². The zero-order valence-electron chi connectivity index (χ0n) is 21.0. The minimum atomic E-state index is -0.533. The van der Waals surface area contributed by atoms with Gasteiger partial charge in [0.05, 0.1) is 30.9 Å². The normalized spacial score (nSPS) is 19.3. The van der Waals surface area contributed by atoms with Crippen LogP contribution in [-0.2, 0) is 4.74 Å². The molecule has 3 fully saturated rings. The van der Waals surface area contributed by atoms with Crippen LogP contribution in [0.3, 0.4) is 0 Å². The Balaban J connectivity index is 1.40. The van der Waals surface area contributed by atoms with Gasteiger partial charge in [-0.2, -0.15) is 0 Å². The quantitative estimate of drug-likeness (QED) is 0.513. The average molecular weight is 515 g/mol. The number of amides is 1. The van der Waals surface area contributed by atoms with E-state index in [9.17, 15) is 9.90 Å². The number of hydrogen-bond acceptors (Lipinski definition) is 8. The standard InChI is InChI=1S/C26H35ClN6O3/c1-25(2,17-34)31-20-4-3-19(23(29-20)33-9-7-26(5-6-26)8-10-33)24(35)30-21-15-18(27)16-22(28-21)32-11-13-36-14-12-32/h3-4,15-16,34H,5-14,17H2,1-2H3,(H,29,31)(H,28,30,35). The molecular formula is C26H35ClN6O3. The number of morpholine rings is 1. The van der Waals surface area contributed by atoms with Crippen molar-refractivity contribution >= 4 is 40.8 Å². The third kappa shape index (κ3) is 5.68. The molecule has 1 aliphatic carbocycles. The highest BCUT2D eigenvalue weighted by Crippen LogP contribution is 2.54. The molecule has 5 rings (SSSR count). The summed E-state index contributed by atoms with van der Waals surface area (Å²) < 4.78 is 5.44. The van der Waals surface area contributed by atoms with Crippen molar-refractivity contribution in [2.45, 2.75) is 45.1 Å². The van der Waals surface area contributed by atoms with Crippen LogP contribution in [0, 0.1) is 5.41 Å². The Morgan fingerprint density at radius 2 is 1.78 bits per heavy atom. The molecule has 0 aromatic carbocycles. The van der Waals surface area contributed by atoms with Crippen molar-refractivity contribution in [3.63, 3.8) is 0 Å². The largest absolute Gasteiger partial charge is 0.394 e. The number of aliphatic hydroxyl groups is 1. The van der Waals surface area contributed by atoms with Gasteiger partial charge in [0.1, 0.15) is 23.3 Å². The van der Waals surface area contributed by atoms with Gasteiger partial charge >= 0.3 is 0 Å². The smallest absolute Gasteiger partial charge is 0.260 e. The van der Waals surface area contributed by atoms with Crippen molar-refractivity contribution < 1.29 is 14.6 Å². The topological polar surface area (TPSA) is 103 Å². The molecule has 3 N–H and O–H groups in total. The minimum absolute atomic E-state index is 0.0373. The molecule has 1 amide bonds.